The first-order chi connectivity index (χ1) is 5.22. The molecule has 1 aliphatic heterocycles. The van der Waals surface area contributed by atoms with Crippen molar-refractivity contribution in [2.75, 3.05) is 13.1 Å². The molecule has 1 rings (SSSR count). The predicted octanol–water partition coefficient (Wildman–Crippen LogP) is 0.101. The van der Waals surface area contributed by atoms with E-state index >= 15 is 0 Å². The summed E-state index contributed by atoms with van der Waals surface area (Å²) in [7, 11) is 0. The number of ether oxygens (including phenoxy) is 1. The maximum atomic E-state index is 5.63. The summed E-state index contributed by atoms with van der Waals surface area (Å²) in [5.41, 5.74) is 5.51. The van der Waals surface area contributed by atoms with Crippen LogP contribution in [0.2, 0.25) is 0 Å². The van der Waals surface area contributed by atoms with Crippen molar-refractivity contribution in [2.24, 2.45) is 5.73 Å². The Kier molecular flexibility index (Phi) is 3.30. The average Bonchev–Trinajstić information content (AvgIpc) is 2.34. The molecule has 3 nitrogen and oxygen atoms in total. The molecule has 0 radical (unpaired) electrons. The molecule has 66 valence electrons. The average molecular weight is 158 g/mol. The molecular weight excluding hydrogens is 140 g/mol. The maximum absolute atomic E-state index is 5.63. The first kappa shape index (κ1) is 8.97. The van der Waals surface area contributed by atoms with E-state index in [1.165, 1.54) is 0 Å². The molecule has 2 atom stereocenters. The Hall–Kier alpha value is -0.120. The Morgan fingerprint density at radius 2 is 2.36 bits per heavy atom. The van der Waals surface area contributed by atoms with Crippen molar-refractivity contribution in [2.45, 2.75) is 38.5 Å². The third kappa shape index (κ3) is 2.77. The fourth-order valence-corrected chi connectivity index (χ4v) is 1.45. The quantitative estimate of drug-likeness (QED) is 0.612. The van der Waals surface area contributed by atoms with Crippen LogP contribution in [0.1, 0.15) is 20.3 Å². The molecule has 0 amide bonds. The fraction of sp³-hybridized carbons (Fsp3) is 1.00. The summed E-state index contributed by atoms with van der Waals surface area (Å²) < 4.78 is 5.63. The van der Waals surface area contributed by atoms with Crippen LogP contribution in [0, 0.1) is 0 Å². The minimum absolute atomic E-state index is 0.332. The Balaban J connectivity index is 2.19. The van der Waals surface area contributed by atoms with Crippen LogP contribution in [0.3, 0.4) is 0 Å². The number of rotatable bonds is 3. The third-order valence-corrected chi connectivity index (χ3v) is 1.93. The highest BCUT2D eigenvalue weighted by molar-refractivity contribution is 4.82. The van der Waals surface area contributed by atoms with E-state index in [1.54, 1.807) is 0 Å². The lowest BCUT2D eigenvalue weighted by atomic mass is 10.2. The summed E-state index contributed by atoms with van der Waals surface area (Å²) in [5, 5.41) is 3.31. The summed E-state index contributed by atoms with van der Waals surface area (Å²) in [6.45, 7) is 5.81. The van der Waals surface area contributed by atoms with Crippen LogP contribution in [0.4, 0.5) is 0 Å². The summed E-state index contributed by atoms with van der Waals surface area (Å²) in [6.07, 6.45) is 1.77. The van der Waals surface area contributed by atoms with Gasteiger partial charge in [0.05, 0.1) is 12.2 Å². The lowest BCUT2D eigenvalue weighted by molar-refractivity contribution is 0.0188. The fourth-order valence-electron chi connectivity index (χ4n) is 1.45. The van der Waals surface area contributed by atoms with E-state index in [1.807, 2.05) is 0 Å². The molecule has 1 aliphatic rings. The Morgan fingerprint density at radius 3 is 2.82 bits per heavy atom. The highest BCUT2D eigenvalue weighted by Crippen LogP contribution is 2.10. The van der Waals surface area contributed by atoms with Crippen LogP contribution >= 0.6 is 0 Å². The molecule has 3 heteroatoms. The second-order valence-electron chi connectivity index (χ2n) is 3.38. The van der Waals surface area contributed by atoms with E-state index in [2.05, 4.69) is 19.2 Å². The van der Waals surface area contributed by atoms with Gasteiger partial charge in [0.2, 0.25) is 0 Å². The van der Waals surface area contributed by atoms with E-state index < -0.39 is 0 Å². The van der Waals surface area contributed by atoms with Crippen LogP contribution in [0.15, 0.2) is 0 Å². The van der Waals surface area contributed by atoms with Crippen molar-refractivity contribution in [1.29, 1.82) is 0 Å². The van der Waals surface area contributed by atoms with Gasteiger partial charge in [-0.15, -0.1) is 0 Å². The third-order valence-electron chi connectivity index (χ3n) is 1.93. The van der Waals surface area contributed by atoms with Crippen LogP contribution in [0.25, 0.3) is 0 Å². The molecule has 1 saturated heterocycles. The molecule has 1 heterocycles. The van der Waals surface area contributed by atoms with E-state index in [-0.39, 0.29) is 0 Å². The summed E-state index contributed by atoms with van der Waals surface area (Å²) >= 11 is 0. The number of nitrogens with one attached hydrogen (secondary N) is 1. The van der Waals surface area contributed by atoms with Gasteiger partial charge in [-0.2, -0.15) is 0 Å². The van der Waals surface area contributed by atoms with Crippen molar-refractivity contribution in [3.63, 3.8) is 0 Å². The predicted molar refractivity (Wildman–Crippen MR) is 45.5 cm³/mol. The number of hydrogen-bond acceptors (Lipinski definition) is 3. The van der Waals surface area contributed by atoms with Crippen LogP contribution in [0.5, 0.6) is 0 Å². The Morgan fingerprint density at radius 1 is 1.64 bits per heavy atom. The highest BCUT2D eigenvalue weighted by Gasteiger charge is 2.23. The van der Waals surface area contributed by atoms with Crippen molar-refractivity contribution in [1.82, 2.24) is 5.32 Å². The van der Waals surface area contributed by atoms with Gasteiger partial charge in [-0.3, -0.25) is 0 Å². The van der Waals surface area contributed by atoms with Crippen molar-refractivity contribution >= 4 is 0 Å². The number of hydrogen-bond donors (Lipinski definition) is 2. The summed E-state index contributed by atoms with van der Waals surface area (Å²) in [6, 6.07) is 0.471. The molecule has 0 aromatic heterocycles. The van der Waals surface area contributed by atoms with Gasteiger partial charge in [-0.25, -0.2) is 0 Å². The van der Waals surface area contributed by atoms with Crippen LogP contribution < -0.4 is 11.1 Å². The summed E-state index contributed by atoms with van der Waals surface area (Å²) in [5.74, 6) is 0. The van der Waals surface area contributed by atoms with E-state index in [4.69, 9.17) is 10.5 Å². The number of nitrogens with two attached hydrogens (primary N) is 1. The van der Waals surface area contributed by atoms with Gasteiger partial charge >= 0.3 is 0 Å². The molecule has 0 spiro atoms. The van der Waals surface area contributed by atoms with Crippen molar-refractivity contribution in [3.05, 3.63) is 0 Å². The van der Waals surface area contributed by atoms with E-state index in [0.29, 0.717) is 18.2 Å². The maximum Gasteiger partial charge on any atom is 0.0718 e. The topological polar surface area (TPSA) is 47.3 Å². The first-order valence-corrected chi connectivity index (χ1v) is 4.31. The molecule has 0 aliphatic carbocycles. The highest BCUT2D eigenvalue weighted by atomic mass is 16.5. The Labute approximate surface area is 68.3 Å². The largest absolute Gasteiger partial charge is 0.374 e. The second-order valence-corrected chi connectivity index (χ2v) is 3.38. The zero-order valence-corrected chi connectivity index (χ0v) is 7.34. The minimum atomic E-state index is 0.332. The second kappa shape index (κ2) is 4.04. The molecule has 0 bridgehead atoms. The molecule has 0 aromatic carbocycles. The molecular formula is C8H18N2O. The lowest BCUT2D eigenvalue weighted by Crippen LogP contribution is -2.29. The summed E-state index contributed by atoms with van der Waals surface area (Å²) in [4.78, 5) is 0. The molecule has 2 unspecified atom stereocenters. The van der Waals surface area contributed by atoms with Crippen LogP contribution in [-0.4, -0.2) is 31.3 Å². The monoisotopic (exact) mass is 158 g/mol. The molecule has 0 saturated carbocycles. The van der Waals surface area contributed by atoms with Gasteiger partial charge in [-0.05, 0) is 20.3 Å². The van der Waals surface area contributed by atoms with E-state index in [9.17, 15) is 0 Å². The van der Waals surface area contributed by atoms with E-state index in [0.717, 1.165) is 19.5 Å². The van der Waals surface area contributed by atoms with Gasteiger partial charge in [-0.1, -0.05) is 0 Å². The molecule has 3 N–H and O–H groups in total. The Bertz CT molecular complexity index is 117. The molecule has 1 fully saturated rings. The van der Waals surface area contributed by atoms with Crippen molar-refractivity contribution < 1.29 is 4.74 Å². The van der Waals surface area contributed by atoms with Gasteiger partial charge in [0, 0.05) is 19.1 Å². The standard InChI is InChI=1S/C8H18N2O/c1-6(2)11-8-3-7(4-9)10-5-8/h6-8,10H,3-5,9H2,1-2H3. The lowest BCUT2D eigenvalue weighted by Gasteiger charge is -2.13. The SMILES string of the molecule is CC(C)OC1CNC(CN)C1. The van der Waals surface area contributed by atoms with Gasteiger partial charge in [0.25, 0.3) is 0 Å². The molecule has 0 aromatic rings. The van der Waals surface area contributed by atoms with Gasteiger partial charge in [0.15, 0.2) is 0 Å². The van der Waals surface area contributed by atoms with Crippen LogP contribution in [-0.2, 0) is 4.74 Å². The molecule has 11 heavy (non-hydrogen) atoms. The van der Waals surface area contributed by atoms with Gasteiger partial charge in [0.1, 0.15) is 0 Å². The normalized spacial score (nSPS) is 31.6. The smallest absolute Gasteiger partial charge is 0.0718 e. The van der Waals surface area contributed by atoms with Crippen molar-refractivity contribution in [3.8, 4) is 0 Å². The zero-order valence-electron chi connectivity index (χ0n) is 7.34. The zero-order chi connectivity index (χ0) is 8.27. The minimum Gasteiger partial charge on any atom is -0.374 e. The van der Waals surface area contributed by atoms with Gasteiger partial charge < -0.3 is 15.8 Å². The first-order valence-electron chi connectivity index (χ1n) is 4.31.